The maximum atomic E-state index is 11.1. The van der Waals surface area contributed by atoms with Gasteiger partial charge in [-0.05, 0) is 17.7 Å². The number of azide groups is 1. The molecule has 13 heavy (non-hydrogen) atoms. The molecule has 64 valence electrons. The molecule has 0 aliphatic carbocycles. The highest BCUT2D eigenvalue weighted by atomic mass is 16.1. The molecule has 1 aromatic heterocycles. The molecule has 0 atom stereocenters. The lowest BCUT2D eigenvalue weighted by Crippen LogP contribution is -1.96. The second-order valence-corrected chi connectivity index (χ2v) is 2.50. The van der Waals surface area contributed by atoms with Crippen LogP contribution in [-0.2, 0) is 0 Å². The van der Waals surface area contributed by atoms with Gasteiger partial charge in [0, 0.05) is 10.6 Å². The number of aromatic nitrogens is 2. The summed E-state index contributed by atoms with van der Waals surface area (Å²) >= 11 is 0. The summed E-state index contributed by atoms with van der Waals surface area (Å²) in [5.74, 6) is 0. The van der Waals surface area contributed by atoms with Crippen molar-refractivity contribution >= 4 is 16.6 Å². The lowest BCUT2D eigenvalue weighted by molar-refractivity contribution is 1.08. The third-order valence-corrected chi connectivity index (χ3v) is 1.72. The lowest BCUT2D eigenvalue weighted by atomic mass is 10.2. The maximum Gasteiger partial charge on any atom is 0.271 e. The Bertz CT molecular complexity index is 545. The van der Waals surface area contributed by atoms with Crippen LogP contribution in [0.1, 0.15) is 0 Å². The normalized spacial score (nSPS) is 9.85. The molecule has 1 heterocycles. The van der Waals surface area contributed by atoms with Gasteiger partial charge in [0.05, 0.1) is 10.9 Å². The van der Waals surface area contributed by atoms with E-state index in [1.165, 1.54) is 0 Å². The van der Waals surface area contributed by atoms with Crippen LogP contribution in [0.25, 0.3) is 21.3 Å². The van der Waals surface area contributed by atoms with Gasteiger partial charge in [-0.3, -0.25) is 15.0 Å². The Morgan fingerprint density at radius 2 is 2.23 bits per heavy atom. The van der Waals surface area contributed by atoms with E-state index >= 15 is 0 Å². The molecule has 2 N–H and O–H groups in total. The molecule has 0 amide bonds. The van der Waals surface area contributed by atoms with Crippen molar-refractivity contribution in [2.75, 3.05) is 0 Å². The highest BCUT2D eigenvalue weighted by Gasteiger charge is 1.99. The van der Waals surface area contributed by atoms with Crippen molar-refractivity contribution in [3.63, 3.8) is 0 Å². The molecule has 0 saturated heterocycles. The summed E-state index contributed by atoms with van der Waals surface area (Å²) < 4.78 is 0. The van der Waals surface area contributed by atoms with E-state index in [1.807, 2.05) is 0 Å². The molecule has 0 aliphatic rings. The summed E-state index contributed by atoms with van der Waals surface area (Å²) in [5, 5.41) is 9.06. The molecule has 2 rings (SSSR count). The van der Waals surface area contributed by atoms with E-state index in [1.54, 1.807) is 18.2 Å². The van der Waals surface area contributed by atoms with E-state index in [9.17, 15) is 4.79 Å². The molecule has 0 spiro atoms. The summed E-state index contributed by atoms with van der Waals surface area (Å²) in [4.78, 5) is 13.7. The first kappa shape index (κ1) is 7.45. The number of fused-ring (bicyclic) bond motifs is 1. The number of rotatable bonds is 1. The number of hydrogen-bond acceptors (Lipinski definition) is 2. The van der Waals surface area contributed by atoms with Gasteiger partial charge in [0.15, 0.2) is 0 Å². The summed E-state index contributed by atoms with van der Waals surface area (Å²) in [6.07, 6.45) is 0. The Labute approximate surface area is 71.8 Å². The summed E-state index contributed by atoms with van der Waals surface area (Å²) in [6, 6.07) is 4.80. The Morgan fingerprint density at radius 3 is 3.00 bits per heavy atom. The van der Waals surface area contributed by atoms with Crippen LogP contribution in [0.4, 0.5) is 5.69 Å². The van der Waals surface area contributed by atoms with Crippen molar-refractivity contribution < 1.29 is 0 Å². The van der Waals surface area contributed by atoms with Crippen molar-refractivity contribution in [1.82, 2.24) is 10.2 Å². The van der Waals surface area contributed by atoms with E-state index in [0.29, 0.717) is 16.6 Å². The van der Waals surface area contributed by atoms with E-state index in [4.69, 9.17) is 5.53 Å². The van der Waals surface area contributed by atoms with Gasteiger partial charge in [0.1, 0.15) is 0 Å². The number of nitrogens with one attached hydrogen (secondary N) is 2. The van der Waals surface area contributed by atoms with Crippen LogP contribution in [0.2, 0.25) is 0 Å². The third kappa shape index (κ3) is 1.15. The molecule has 0 unspecified atom stereocenters. The molecular weight excluding hydrogens is 170 g/mol. The standard InChI is InChI=1S/C7H5N5O/c8-12-9-4-1-2-5-6(3-4)10-11-7(5)13/h1-3H,(H2,10,11,13). The minimum atomic E-state index is -0.178. The Kier molecular flexibility index (Phi) is 1.54. The van der Waals surface area contributed by atoms with Gasteiger partial charge in [-0.15, -0.1) is 0 Å². The Balaban J connectivity index is 2.76. The second kappa shape index (κ2) is 2.69. The second-order valence-electron chi connectivity index (χ2n) is 2.50. The van der Waals surface area contributed by atoms with Crippen molar-refractivity contribution in [3.8, 4) is 0 Å². The molecule has 0 bridgehead atoms. The van der Waals surface area contributed by atoms with Gasteiger partial charge >= 0.3 is 0 Å². The first-order valence-electron chi connectivity index (χ1n) is 3.57. The van der Waals surface area contributed by atoms with Crippen LogP contribution in [0, 0.1) is 0 Å². The van der Waals surface area contributed by atoms with E-state index in [0.717, 1.165) is 0 Å². The molecule has 6 nitrogen and oxygen atoms in total. The monoisotopic (exact) mass is 175 g/mol. The summed E-state index contributed by atoms with van der Waals surface area (Å²) in [5.41, 5.74) is 9.11. The van der Waals surface area contributed by atoms with Crippen LogP contribution in [0.15, 0.2) is 28.1 Å². The van der Waals surface area contributed by atoms with E-state index < -0.39 is 0 Å². The van der Waals surface area contributed by atoms with Gasteiger partial charge in [-0.25, -0.2) is 0 Å². The SMILES string of the molecule is [N-]=[N+]=Nc1ccc2c(=O)[nH][nH]c2c1. The molecule has 6 heteroatoms. The smallest absolute Gasteiger partial charge is 0.271 e. The third-order valence-electron chi connectivity index (χ3n) is 1.72. The summed E-state index contributed by atoms with van der Waals surface area (Å²) in [7, 11) is 0. The largest absolute Gasteiger partial charge is 0.298 e. The molecule has 0 fully saturated rings. The van der Waals surface area contributed by atoms with E-state index in [-0.39, 0.29) is 5.56 Å². The van der Waals surface area contributed by atoms with Gasteiger partial charge < -0.3 is 0 Å². The Morgan fingerprint density at radius 1 is 1.38 bits per heavy atom. The van der Waals surface area contributed by atoms with Crippen molar-refractivity contribution in [2.45, 2.75) is 0 Å². The number of nitrogens with zero attached hydrogens (tertiary/aromatic N) is 3. The number of aromatic amines is 2. The Hall–Kier alpha value is -2.20. The number of benzene rings is 1. The van der Waals surface area contributed by atoms with Gasteiger partial charge in [0.25, 0.3) is 5.56 Å². The van der Waals surface area contributed by atoms with Crippen molar-refractivity contribution in [3.05, 3.63) is 39.0 Å². The summed E-state index contributed by atoms with van der Waals surface area (Å²) in [6.45, 7) is 0. The minimum Gasteiger partial charge on any atom is -0.298 e. The van der Waals surface area contributed by atoms with Crippen molar-refractivity contribution in [2.24, 2.45) is 5.11 Å². The molecule has 1 aromatic carbocycles. The van der Waals surface area contributed by atoms with Crippen molar-refractivity contribution in [1.29, 1.82) is 0 Å². The van der Waals surface area contributed by atoms with Crippen LogP contribution < -0.4 is 5.56 Å². The minimum absolute atomic E-state index is 0.178. The molecular formula is C7H5N5O. The zero-order valence-corrected chi connectivity index (χ0v) is 6.48. The lowest BCUT2D eigenvalue weighted by Gasteiger charge is -1.89. The van der Waals surface area contributed by atoms with Gasteiger partial charge in [0.2, 0.25) is 0 Å². The first-order chi connectivity index (χ1) is 6.31. The maximum absolute atomic E-state index is 11.1. The topological polar surface area (TPSA) is 97.4 Å². The zero-order chi connectivity index (χ0) is 9.26. The number of hydrogen-bond donors (Lipinski definition) is 2. The predicted octanol–water partition coefficient (Wildman–Crippen LogP) is 1.80. The molecule has 0 saturated carbocycles. The molecule has 2 aromatic rings. The highest BCUT2D eigenvalue weighted by molar-refractivity contribution is 5.80. The average Bonchev–Trinajstić information content (AvgIpc) is 2.48. The molecule has 0 radical (unpaired) electrons. The quantitative estimate of drug-likeness (QED) is 0.385. The molecule has 0 aliphatic heterocycles. The van der Waals surface area contributed by atoms with Crippen LogP contribution in [0.5, 0.6) is 0 Å². The number of H-pyrrole nitrogens is 2. The van der Waals surface area contributed by atoms with Crippen LogP contribution >= 0.6 is 0 Å². The average molecular weight is 175 g/mol. The van der Waals surface area contributed by atoms with Gasteiger partial charge in [-0.2, -0.15) is 0 Å². The van der Waals surface area contributed by atoms with Crippen LogP contribution in [-0.4, -0.2) is 10.2 Å². The van der Waals surface area contributed by atoms with E-state index in [2.05, 4.69) is 20.2 Å². The fourth-order valence-corrected chi connectivity index (χ4v) is 1.14. The van der Waals surface area contributed by atoms with Gasteiger partial charge in [-0.1, -0.05) is 11.2 Å². The first-order valence-corrected chi connectivity index (χ1v) is 3.57. The zero-order valence-electron chi connectivity index (χ0n) is 6.48. The van der Waals surface area contributed by atoms with Crippen LogP contribution in [0.3, 0.4) is 0 Å². The fourth-order valence-electron chi connectivity index (χ4n) is 1.14. The fraction of sp³-hybridized carbons (Fsp3) is 0. The predicted molar refractivity (Wildman–Crippen MR) is 47.7 cm³/mol. The highest BCUT2D eigenvalue weighted by Crippen LogP contribution is 2.16.